The molecule has 1 aliphatic heterocycles. The molecule has 1 saturated heterocycles. The lowest BCUT2D eigenvalue weighted by molar-refractivity contribution is -0.277. The van der Waals surface area contributed by atoms with Crippen LogP contribution in [0.3, 0.4) is 0 Å². The van der Waals surface area contributed by atoms with Crippen molar-refractivity contribution in [3.8, 4) is 11.5 Å². The largest absolute Gasteiger partial charge is 0.504 e. The molecule has 1 heterocycles. The second-order valence-electron chi connectivity index (χ2n) is 5.45. The third-order valence-electron chi connectivity index (χ3n) is 3.96. The van der Waals surface area contributed by atoms with Crippen LogP contribution in [0.2, 0.25) is 0 Å². The molecule has 0 bridgehead atoms. The zero-order valence-electron chi connectivity index (χ0n) is 12.1. The number of phenolic OH excluding ortho intramolecular Hbond substituents is 1. The minimum atomic E-state index is -1.53. The van der Waals surface area contributed by atoms with Crippen LogP contribution in [0, 0.1) is 0 Å². The third-order valence-corrected chi connectivity index (χ3v) is 3.96. The molecule has 0 radical (unpaired) electrons. The highest BCUT2D eigenvalue weighted by Crippen LogP contribution is 2.36. The molecule has 2 aromatic rings. The van der Waals surface area contributed by atoms with E-state index in [-0.39, 0.29) is 11.5 Å². The summed E-state index contributed by atoms with van der Waals surface area (Å²) in [5, 5.41) is 50.3. The fourth-order valence-electron chi connectivity index (χ4n) is 2.62. The van der Waals surface area contributed by atoms with E-state index in [9.17, 15) is 20.4 Å². The Morgan fingerprint density at radius 1 is 0.957 bits per heavy atom. The summed E-state index contributed by atoms with van der Waals surface area (Å²) in [6, 6.07) is 10.4. The first-order valence-electron chi connectivity index (χ1n) is 7.21. The molecule has 1 fully saturated rings. The van der Waals surface area contributed by atoms with E-state index in [1.54, 1.807) is 18.2 Å². The van der Waals surface area contributed by atoms with Gasteiger partial charge in [0.15, 0.2) is 11.5 Å². The molecular formula is C16H18O7. The monoisotopic (exact) mass is 322 g/mol. The number of aromatic hydroxyl groups is 1. The summed E-state index contributed by atoms with van der Waals surface area (Å²) in [5.74, 6) is -0.0620. The molecule has 1 aliphatic rings. The molecule has 2 aromatic carbocycles. The number of hydrogen-bond acceptors (Lipinski definition) is 7. The van der Waals surface area contributed by atoms with Gasteiger partial charge in [-0.05, 0) is 11.5 Å². The minimum Gasteiger partial charge on any atom is -0.504 e. The normalized spacial score (nSPS) is 31.2. The maximum atomic E-state index is 10.3. The fourth-order valence-corrected chi connectivity index (χ4v) is 2.62. The molecule has 0 amide bonds. The van der Waals surface area contributed by atoms with Gasteiger partial charge in [-0.25, -0.2) is 0 Å². The number of ether oxygens (including phenoxy) is 2. The summed E-state index contributed by atoms with van der Waals surface area (Å²) in [4.78, 5) is 0. The van der Waals surface area contributed by atoms with Gasteiger partial charge in [0, 0.05) is 5.39 Å². The van der Waals surface area contributed by atoms with Crippen molar-refractivity contribution in [2.24, 2.45) is 0 Å². The Kier molecular flexibility index (Phi) is 4.38. The average molecular weight is 322 g/mol. The number of fused-ring (bicyclic) bond motifs is 1. The molecule has 3 rings (SSSR count). The van der Waals surface area contributed by atoms with Crippen LogP contribution >= 0.6 is 0 Å². The van der Waals surface area contributed by atoms with Crippen molar-refractivity contribution in [2.75, 3.05) is 6.61 Å². The van der Waals surface area contributed by atoms with Crippen LogP contribution in [-0.4, -0.2) is 62.8 Å². The summed E-state index contributed by atoms with van der Waals surface area (Å²) in [6.45, 7) is -0.547. The van der Waals surface area contributed by atoms with Crippen LogP contribution in [0.1, 0.15) is 0 Å². The highest BCUT2D eigenvalue weighted by atomic mass is 16.7. The van der Waals surface area contributed by atoms with E-state index in [1.807, 2.05) is 12.1 Å². The van der Waals surface area contributed by atoms with E-state index < -0.39 is 37.3 Å². The van der Waals surface area contributed by atoms with Crippen LogP contribution in [0.15, 0.2) is 36.4 Å². The summed E-state index contributed by atoms with van der Waals surface area (Å²) in [5.41, 5.74) is 0. The van der Waals surface area contributed by atoms with Crippen molar-refractivity contribution in [1.82, 2.24) is 0 Å². The lowest BCUT2D eigenvalue weighted by Gasteiger charge is -2.39. The van der Waals surface area contributed by atoms with Gasteiger partial charge in [-0.3, -0.25) is 0 Å². The Morgan fingerprint density at radius 2 is 1.70 bits per heavy atom. The zero-order valence-corrected chi connectivity index (χ0v) is 12.1. The van der Waals surface area contributed by atoms with Gasteiger partial charge < -0.3 is 35.0 Å². The van der Waals surface area contributed by atoms with Crippen molar-refractivity contribution in [3.63, 3.8) is 0 Å². The van der Waals surface area contributed by atoms with E-state index in [4.69, 9.17) is 14.6 Å². The van der Waals surface area contributed by atoms with Crippen molar-refractivity contribution in [2.45, 2.75) is 30.7 Å². The number of aliphatic hydroxyl groups excluding tert-OH is 4. The maximum absolute atomic E-state index is 10.3. The Labute approximate surface area is 131 Å². The smallest absolute Gasteiger partial charge is 0.229 e. The van der Waals surface area contributed by atoms with Gasteiger partial charge >= 0.3 is 0 Å². The topological polar surface area (TPSA) is 120 Å². The summed E-state index contributed by atoms with van der Waals surface area (Å²) in [7, 11) is 0. The summed E-state index contributed by atoms with van der Waals surface area (Å²) < 4.78 is 10.7. The predicted octanol–water partition coefficient (Wildman–Crippen LogP) is -0.276. The first kappa shape index (κ1) is 16.0. The fraction of sp³-hybridized carbons (Fsp3) is 0.375. The molecule has 5 N–H and O–H groups in total. The number of hydrogen-bond donors (Lipinski definition) is 5. The molecule has 5 atom stereocenters. The number of phenols is 1. The lowest BCUT2D eigenvalue weighted by atomic mass is 9.99. The van der Waals surface area contributed by atoms with Crippen molar-refractivity contribution in [1.29, 1.82) is 0 Å². The van der Waals surface area contributed by atoms with Gasteiger partial charge in [0.05, 0.1) is 6.61 Å². The predicted molar refractivity (Wildman–Crippen MR) is 80.0 cm³/mol. The van der Waals surface area contributed by atoms with Gasteiger partial charge in [0.2, 0.25) is 6.29 Å². The molecule has 23 heavy (non-hydrogen) atoms. The summed E-state index contributed by atoms with van der Waals surface area (Å²) >= 11 is 0. The van der Waals surface area contributed by atoms with Crippen molar-refractivity contribution < 1.29 is 35.0 Å². The average Bonchev–Trinajstić information content (AvgIpc) is 2.57. The molecule has 124 valence electrons. The first-order valence-corrected chi connectivity index (χ1v) is 7.21. The SMILES string of the molecule is OC[C@H]1O[C@H](Oc2ccc3ccccc3c2O)[C@H](O)[C@@H](O)[C@@H]1O. The maximum Gasteiger partial charge on any atom is 0.229 e. The molecule has 0 aliphatic carbocycles. The van der Waals surface area contributed by atoms with Gasteiger partial charge in [-0.2, -0.15) is 0 Å². The number of rotatable bonds is 3. The van der Waals surface area contributed by atoms with E-state index in [2.05, 4.69) is 0 Å². The van der Waals surface area contributed by atoms with Gasteiger partial charge in [-0.1, -0.05) is 30.3 Å². The second-order valence-corrected chi connectivity index (χ2v) is 5.45. The molecule has 7 heteroatoms. The van der Waals surface area contributed by atoms with Crippen LogP contribution in [0.5, 0.6) is 11.5 Å². The Bertz CT molecular complexity index is 687. The quantitative estimate of drug-likeness (QED) is 0.527. The van der Waals surface area contributed by atoms with E-state index in [0.717, 1.165) is 5.39 Å². The molecule has 0 unspecified atom stereocenters. The van der Waals surface area contributed by atoms with Crippen molar-refractivity contribution >= 4 is 10.8 Å². The minimum absolute atomic E-state index is 0.0630. The molecule has 0 saturated carbocycles. The standard InChI is InChI=1S/C16H18O7/c17-7-11-13(19)14(20)15(21)16(23-11)22-10-6-5-8-3-1-2-4-9(8)12(10)18/h1-6,11,13-21H,7H2/t11-,13-,14+,15-,16+/m1/s1. The molecule has 0 aromatic heterocycles. The Morgan fingerprint density at radius 3 is 2.43 bits per heavy atom. The van der Waals surface area contributed by atoms with Crippen LogP contribution in [0.25, 0.3) is 10.8 Å². The second kappa shape index (κ2) is 6.31. The molecule has 0 spiro atoms. The third kappa shape index (κ3) is 2.85. The lowest BCUT2D eigenvalue weighted by Crippen LogP contribution is -2.60. The Hall–Kier alpha value is -1.90. The zero-order chi connectivity index (χ0) is 16.6. The highest BCUT2D eigenvalue weighted by Gasteiger charge is 2.44. The summed E-state index contributed by atoms with van der Waals surface area (Å²) in [6.07, 6.45) is -6.93. The molecule has 7 nitrogen and oxygen atoms in total. The van der Waals surface area contributed by atoms with Crippen molar-refractivity contribution in [3.05, 3.63) is 36.4 Å². The van der Waals surface area contributed by atoms with Crippen LogP contribution < -0.4 is 4.74 Å². The first-order chi connectivity index (χ1) is 11.0. The van der Waals surface area contributed by atoms with Crippen LogP contribution in [-0.2, 0) is 4.74 Å². The van der Waals surface area contributed by atoms with Crippen LogP contribution in [0.4, 0.5) is 0 Å². The Balaban J connectivity index is 1.87. The number of benzene rings is 2. The molecular weight excluding hydrogens is 304 g/mol. The van der Waals surface area contributed by atoms with Gasteiger partial charge in [-0.15, -0.1) is 0 Å². The van der Waals surface area contributed by atoms with Gasteiger partial charge in [0.1, 0.15) is 24.4 Å². The number of aliphatic hydroxyl groups is 4. The van der Waals surface area contributed by atoms with E-state index in [0.29, 0.717) is 5.39 Å². The highest BCUT2D eigenvalue weighted by molar-refractivity contribution is 5.90. The van der Waals surface area contributed by atoms with E-state index >= 15 is 0 Å². The van der Waals surface area contributed by atoms with E-state index in [1.165, 1.54) is 6.07 Å². The van der Waals surface area contributed by atoms with Gasteiger partial charge in [0.25, 0.3) is 0 Å².